The molecule has 0 radical (unpaired) electrons. The number of nitrogens with one attached hydrogen (secondary N) is 2. The fraction of sp³-hybridized carbons (Fsp3) is 0.409. The molecule has 0 heterocycles. The molecule has 2 aromatic rings. The van der Waals surface area contributed by atoms with E-state index >= 15 is 0 Å². The van der Waals surface area contributed by atoms with E-state index in [0.29, 0.717) is 25.6 Å². The molecule has 1 aliphatic rings. The van der Waals surface area contributed by atoms with E-state index in [4.69, 9.17) is 0 Å². The molecule has 6 nitrogen and oxygen atoms in total. The first kappa shape index (κ1) is 25.5. The largest absolute Gasteiger partial charge is 0.357 e. The molecule has 0 amide bonds. The maximum Gasteiger partial charge on any atom is 0.242 e. The Hall–Kier alpha value is -1.72. The number of aliphatic imine (C=N–C) groups is 1. The highest BCUT2D eigenvalue weighted by Gasteiger charge is 2.45. The van der Waals surface area contributed by atoms with Crippen LogP contribution in [0.25, 0.3) is 0 Å². The Morgan fingerprint density at radius 2 is 1.74 bits per heavy atom. The standard InChI is InChI=1S/C22H29FN4O2S.HI/c1-4-24-21(26-16-22(13-14-22)19-7-5-6-8-20(19)23)25-15-17-9-11-18(12-10-17)30(28,29)27(2)3;/h5-12H,4,13-16H2,1-3H3,(H2,24,25,26);1H. The zero-order chi connectivity index (χ0) is 21.8. The van der Waals surface area contributed by atoms with E-state index in [1.165, 1.54) is 24.5 Å². The Morgan fingerprint density at radius 3 is 2.29 bits per heavy atom. The van der Waals surface area contributed by atoms with Crippen molar-refractivity contribution in [3.05, 3.63) is 65.5 Å². The molecule has 0 atom stereocenters. The van der Waals surface area contributed by atoms with Crippen LogP contribution >= 0.6 is 24.0 Å². The third kappa shape index (κ3) is 6.17. The van der Waals surface area contributed by atoms with Gasteiger partial charge in [0.1, 0.15) is 5.82 Å². The predicted octanol–water partition coefficient (Wildman–Crippen LogP) is 3.48. The van der Waals surface area contributed by atoms with Crippen LogP contribution in [0.15, 0.2) is 58.4 Å². The van der Waals surface area contributed by atoms with Gasteiger partial charge >= 0.3 is 0 Å². The van der Waals surface area contributed by atoms with E-state index in [1.54, 1.807) is 30.3 Å². The molecule has 2 aromatic carbocycles. The van der Waals surface area contributed by atoms with E-state index in [1.807, 2.05) is 19.1 Å². The molecule has 170 valence electrons. The van der Waals surface area contributed by atoms with Gasteiger partial charge in [0.15, 0.2) is 5.96 Å². The molecule has 2 N–H and O–H groups in total. The Balaban J connectivity index is 0.00000341. The number of hydrogen-bond donors (Lipinski definition) is 2. The Kier molecular flexibility index (Phi) is 8.84. The molecule has 0 unspecified atom stereocenters. The van der Waals surface area contributed by atoms with Crippen molar-refractivity contribution in [3.8, 4) is 0 Å². The third-order valence-electron chi connectivity index (χ3n) is 5.36. The van der Waals surface area contributed by atoms with Gasteiger partial charge in [0.25, 0.3) is 0 Å². The van der Waals surface area contributed by atoms with Crippen LogP contribution in [-0.2, 0) is 22.0 Å². The van der Waals surface area contributed by atoms with Gasteiger partial charge in [0.2, 0.25) is 10.0 Å². The summed E-state index contributed by atoms with van der Waals surface area (Å²) in [6.45, 7) is 3.71. The summed E-state index contributed by atoms with van der Waals surface area (Å²) in [5.74, 6) is 0.497. The number of guanidine groups is 1. The van der Waals surface area contributed by atoms with Crippen molar-refractivity contribution in [2.45, 2.75) is 36.6 Å². The van der Waals surface area contributed by atoms with Crippen molar-refractivity contribution in [3.63, 3.8) is 0 Å². The van der Waals surface area contributed by atoms with Crippen LogP contribution < -0.4 is 10.6 Å². The monoisotopic (exact) mass is 560 g/mol. The maximum absolute atomic E-state index is 14.2. The Labute approximate surface area is 201 Å². The van der Waals surface area contributed by atoms with E-state index in [9.17, 15) is 12.8 Å². The molecule has 1 fully saturated rings. The molecule has 1 saturated carbocycles. The van der Waals surface area contributed by atoms with Gasteiger partial charge < -0.3 is 10.6 Å². The van der Waals surface area contributed by atoms with Gasteiger partial charge in [-0.2, -0.15) is 0 Å². The molecule has 0 aliphatic heterocycles. The van der Waals surface area contributed by atoms with E-state index in [0.717, 1.165) is 24.0 Å². The molecule has 0 spiro atoms. The molecule has 1 aliphatic carbocycles. The molecule has 0 saturated heterocycles. The predicted molar refractivity (Wildman–Crippen MR) is 133 cm³/mol. The number of rotatable bonds is 8. The molecular formula is C22H30FIN4O2S. The van der Waals surface area contributed by atoms with Gasteiger partial charge in [-0.15, -0.1) is 24.0 Å². The maximum atomic E-state index is 14.2. The smallest absolute Gasteiger partial charge is 0.242 e. The van der Waals surface area contributed by atoms with Gasteiger partial charge in [0, 0.05) is 32.6 Å². The SMILES string of the molecule is CCNC(=NCc1ccc(S(=O)(=O)N(C)C)cc1)NCC1(c2ccccc2F)CC1.I. The first-order chi connectivity index (χ1) is 14.3. The zero-order valence-electron chi connectivity index (χ0n) is 18.1. The number of halogens is 2. The summed E-state index contributed by atoms with van der Waals surface area (Å²) >= 11 is 0. The lowest BCUT2D eigenvalue weighted by Gasteiger charge is -2.19. The minimum Gasteiger partial charge on any atom is -0.357 e. The molecule has 31 heavy (non-hydrogen) atoms. The molecular weight excluding hydrogens is 530 g/mol. The van der Waals surface area contributed by atoms with Gasteiger partial charge in [-0.25, -0.2) is 22.1 Å². The minimum absolute atomic E-state index is 0. The number of sulfonamides is 1. The van der Waals surface area contributed by atoms with E-state index in [-0.39, 0.29) is 40.1 Å². The summed E-state index contributed by atoms with van der Waals surface area (Å²) in [7, 11) is -0.420. The highest BCUT2D eigenvalue weighted by molar-refractivity contribution is 14.0. The van der Waals surface area contributed by atoms with Crippen molar-refractivity contribution in [2.75, 3.05) is 27.2 Å². The van der Waals surface area contributed by atoms with Crippen molar-refractivity contribution in [1.29, 1.82) is 0 Å². The minimum atomic E-state index is -3.44. The number of benzene rings is 2. The topological polar surface area (TPSA) is 73.8 Å². The zero-order valence-corrected chi connectivity index (χ0v) is 21.2. The van der Waals surface area contributed by atoms with E-state index in [2.05, 4.69) is 15.6 Å². The molecule has 0 bridgehead atoms. The summed E-state index contributed by atoms with van der Waals surface area (Å²) < 4.78 is 39.7. The van der Waals surface area contributed by atoms with Crippen LogP contribution in [0.5, 0.6) is 0 Å². The summed E-state index contributed by atoms with van der Waals surface area (Å²) in [5.41, 5.74) is 1.48. The summed E-state index contributed by atoms with van der Waals surface area (Å²) in [4.78, 5) is 4.85. The summed E-state index contributed by atoms with van der Waals surface area (Å²) in [6.07, 6.45) is 1.89. The van der Waals surface area contributed by atoms with Crippen LogP contribution in [0.2, 0.25) is 0 Å². The van der Waals surface area contributed by atoms with Gasteiger partial charge in [-0.1, -0.05) is 30.3 Å². The second-order valence-electron chi connectivity index (χ2n) is 7.74. The Bertz CT molecular complexity index is 1010. The van der Waals surface area contributed by atoms with E-state index < -0.39 is 10.0 Å². The molecule has 0 aromatic heterocycles. The van der Waals surface area contributed by atoms with Crippen LogP contribution in [0.1, 0.15) is 30.9 Å². The van der Waals surface area contributed by atoms with Gasteiger partial charge in [0.05, 0.1) is 11.4 Å². The number of hydrogen-bond acceptors (Lipinski definition) is 3. The normalized spacial score (nSPS) is 15.3. The van der Waals surface area contributed by atoms with Crippen molar-refractivity contribution in [2.24, 2.45) is 4.99 Å². The molecule has 9 heteroatoms. The molecule has 3 rings (SSSR count). The van der Waals surface area contributed by atoms with Crippen LogP contribution in [0.3, 0.4) is 0 Å². The van der Waals surface area contributed by atoms with Crippen LogP contribution in [0.4, 0.5) is 4.39 Å². The summed E-state index contributed by atoms with van der Waals surface area (Å²) in [6, 6.07) is 13.7. The lowest BCUT2D eigenvalue weighted by atomic mass is 9.95. The first-order valence-electron chi connectivity index (χ1n) is 10.1. The van der Waals surface area contributed by atoms with Crippen LogP contribution in [0, 0.1) is 5.82 Å². The number of nitrogens with zero attached hydrogens (tertiary/aromatic N) is 2. The fourth-order valence-electron chi connectivity index (χ4n) is 3.33. The van der Waals surface area contributed by atoms with Gasteiger partial charge in [-0.05, 0) is 49.1 Å². The summed E-state index contributed by atoms with van der Waals surface area (Å²) in [5, 5.41) is 6.55. The lowest BCUT2D eigenvalue weighted by molar-refractivity contribution is 0.520. The van der Waals surface area contributed by atoms with Crippen molar-refractivity contribution < 1.29 is 12.8 Å². The second-order valence-corrected chi connectivity index (χ2v) is 9.89. The first-order valence-corrected chi connectivity index (χ1v) is 11.5. The second kappa shape index (κ2) is 10.7. The fourth-order valence-corrected chi connectivity index (χ4v) is 4.23. The van der Waals surface area contributed by atoms with Crippen LogP contribution in [-0.4, -0.2) is 45.9 Å². The highest BCUT2D eigenvalue weighted by Crippen LogP contribution is 2.48. The quantitative estimate of drug-likeness (QED) is 0.295. The highest BCUT2D eigenvalue weighted by atomic mass is 127. The van der Waals surface area contributed by atoms with Crippen molar-refractivity contribution >= 4 is 40.0 Å². The van der Waals surface area contributed by atoms with Crippen molar-refractivity contribution in [1.82, 2.24) is 14.9 Å². The Morgan fingerprint density at radius 1 is 1.10 bits per heavy atom. The van der Waals surface area contributed by atoms with Gasteiger partial charge in [-0.3, -0.25) is 0 Å². The third-order valence-corrected chi connectivity index (χ3v) is 7.19. The lowest BCUT2D eigenvalue weighted by Crippen LogP contribution is -2.41. The average molecular weight is 560 g/mol. The average Bonchev–Trinajstić information content (AvgIpc) is 3.51.